The number of piperidine rings is 1. The van der Waals surface area contributed by atoms with E-state index in [1.165, 1.54) is 12.8 Å². The summed E-state index contributed by atoms with van der Waals surface area (Å²) in [7, 11) is 2.19. The van der Waals surface area contributed by atoms with E-state index in [0.717, 1.165) is 23.7 Å². The number of para-hydroxylation sites is 1. The lowest BCUT2D eigenvalue weighted by Crippen LogP contribution is -3.00. The van der Waals surface area contributed by atoms with Gasteiger partial charge >= 0.3 is 5.97 Å². The van der Waals surface area contributed by atoms with Gasteiger partial charge in [0.15, 0.2) is 0 Å². The molecule has 2 fully saturated rings. The number of rotatable bonds is 2. The monoisotopic (exact) mass is 319 g/mol. The molecule has 22 heavy (non-hydrogen) atoms. The zero-order valence-electron chi connectivity index (χ0n) is 12.6. The molecule has 0 amide bonds. The van der Waals surface area contributed by atoms with E-state index in [4.69, 9.17) is 4.74 Å². The maximum Gasteiger partial charge on any atom is 0.340 e. The van der Waals surface area contributed by atoms with Crippen molar-refractivity contribution in [2.24, 2.45) is 0 Å². The molecule has 2 unspecified atom stereocenters. The van der Waals surface area contributed by atoms with Crippen molar-refractivity contribution in [2.75, 3.05) is 7.05 Å². The number of aromatic nitrogens is 1. The third-order valence-electron chi connectivity index (χ3n) is 5.14. The van der Waals surface area contributed by atoms with Gasteiger partial charge in [0.05, 0.1) is 5.56 Å². The number of H-pyrrole nitrogens is 1. The van der Waals surface area contributed by atoms with Crippen LogP contribution in [0.4, 0.5) is 0 Å². The molecule has 0 saturated carbocycles. The molecule has 2 saturated heterocycles. The Labute approximate surface area is 136 Å². The first kappa shape index (κ1) is 15.4. The number of esters is 1. The molecule has 3 heterocycles. The number of fused-ring (bicyclic) bond motifs is 3. The van der Waals surface area contributed by atoms with Gasteiger partial charge in [-0.25, -0.2) is 4.79 Å². The molecular formula is C17H20ClN2O2-. The molecule has 2 aliphatic heterocycles. The van der Waals surface area contributed by atoms with E-state index in [0.29, 0.717) is 17.6 Å². The smallest absolute Gasteiger partial charge is 0.340 e. The van der Waals surface area contributed by atoms with Gasteiger partial charge in [0.1, 0.15) is 6.10 Å². The molecule has 2 aromatic rings. The van der Waals surface area contributed by atoms with Gasteiger partial charge in [-0.3, -0.25) is 0 Å². The summed E-state index contributed by atoms with van der Waals surface area (Å²) in [5.41, 5.74) is 1.63. The van der Waals surface area contributed by atoms with Crippen LogP contribution < -0.4 is 12.4 Å². The second kappa shape index (κ2) is 5.94. The first-order valence-corrected chi connectivity index (χ1v) is 7.71. The number of ether oxygens (including phenoxy) is 1. The van der Waals surface area contributed by atoms with Gasteiger partial charge < -0.3 is 27.0 Å². The van der Waals surface area contributed by atoms with Crippen LogP contribution in [0, 0.1) is 0 Å². The summed E-state index contributed by atoms with van der Waals surface area (Å²) in [5.74, 6) is -0.193. The van der Waals surface area contributed by atoms with E-state index < -0.39 is 0 Å². The highest BCUT2D eigenvalue weighted by molar-refractivity contribution is 6.04. The van der Waals surface area contributed by atoms with E-state index in [1.807, 2.05) is 24.3 Å². The number of carbonyl (C=O) groups excluding carboxylic acids is 1. The topological polar surface area (TPSA) is 45.3 Å². The molecule has 0 aliphatic carbocycles. The zero-order valence-corrected chi connectivity index (χ0v) is 13.3. The molecule has 2 bridgehead atoms. The normalized spacial score (nSPS) is 27.6. The van der Waals surface area contributed by atoms with Gasteiger partial charge in [-0.15, -0.1) is 0 Å². The Hall–Kier alpha value is -1.52. The van der Waals surface area contributed by atoms with Crippen LogP contribution in [0.2, 0.25) is 0 Å². The van der Waals surface area contributed by atoms with Gasteiger partial charge in [0, 0.05) is 42.0 Å². The van der Waals surface area contributed by atoms with E-state index in [1.54, 1.807) is 6.20 Å². The summed E-state index contributed by atoms with van der Waals surface area (Å²) in [6.07, 6.45) is 6.25. The van der Waals surface area contributed by atoms with E-state index in [9.17, 15) is 4.79 Å². The van der Waals surface area contributed by atoms with Gasteiger partial charge in [0.25, 0.3) is 0 Å². The predicted molar refractivity (Wildman–Crippen MR) is 81.3 cm³/mol. The predicted octanol–water partition coefficient (Wildman–Crippen LogP) is -0.0461. The quantitative estimate of drug-likeness (QED) is 0.790. The van der Waals surface area contributed by atoms with Crippen molar-refractivity contribution in [3.8, 4) is 0 Å². The Balaban J connectivity index is 0.00000144. The molecule has 0 spiro atoms. The zero-order chi connectivity index (χ0) is 14.4. The van der Waals surface area contributed by atoms with Crippen LogP contribution in [0.1, 0.15) is 36.0 Å². The number of nitrogens with one attached hydrogen (secondary N) is 1. The first-order valence-electron chi connectivity index (χ1n) is 7.71. The fraction of sp³-hybridized carbons (Fsp3) is 0.471. The minimum atomic E-state index is -0.193. The third-order valence-corrected chi connectivity index (χ3v) is 5.14. The van der Waals surface area contributed by atoms with Crippen LogP contribution in [-0.4, -0.2) is 41.1 Å². The summed E-state index contributed by atoms with van der Waals surface area (Å²) < 4.78 is 5.79. The Morgan fingerprint density at radius 2 is 1.91 bits per heavy atom. The van der Waals surface area contributed by atoms with Crippen molar-refractivity contribution < 1.29 is 21.9 Å². The fourth-order valence-corrected chi connectivity index (χ4v) is 3.91. The average molecular weight is 320 g/mol. The molecule has 118 valence electrons. The molecule has 1 N–H and O–H groups in total. The highest BCUT2D eigenvalue weighted by atomic mass is 35.5. The number of hydrogen-bond donors (Lipinski definition) is 1. The summed E-state index contributed by atoms with van der Waals surface area (Å²) >= 11 is 0. The summed E-state index contributed by atoms with van der Waals surface area (Å²) in [5, 5.41) is 0.943. The molecule has 1 aromatic carbocycles. The molecule has 2 atom stereocenters. The Morgan fingerprint density at radius 3 is 2.64 bits per heavy atom. The lowest BCUT2D eigenvalue weighted by Gasteiger charge is -2.35. The van der Waals surface area contributed by atoms with Crippen molar-refractivity contribution in [2.45, 2.75) is 43.9 Å². The number of nitrogens with zero attached hydrogens (tertiary/aromatic N) is 1. The SMILES string of the molecule is CN1C2CCC1CC(OC(=O)c1c[nH]c3ccccc13)C2.[Cl-]. The van der Waals surface area contributed by atoms with Crippen LogP contribution in [0.25, 0.3) is 10.9 Å². The lowest BCUT2D eigenvalue weighted by atomic mass is 10.0. The average Bonchev–Trinajstić information content (AvgIpc) is 2.98. The third kappa shape index (κ3) is 2.50. The highest BCUT2D eigenvalue weighted by Crippen LogP contribution is 2.35. The van der Waals surface area contributed by atoms with Crippen LogP contribution in [0.5, 0.6) is 0 Å². The number of aromatic amines is 1. The first-order chi connectivity index (χ1) is 10.2. The number of halogens is 1. The van der Waals surface area contributed by atoms with Gasteiger partial charge in [-0.1, -0.05) is 18.2 Å². The van der Waals surface area contributed by atoms with Crippen molar-refractivity contribution in [1.82, 2.24) is 9.88 Å². The molecule has 4 nitrogen and oxygen atoms in total. The van der Waals surface area contributed by atoms with Crippen LogP contribution in [0.3, 0.4) is 0 Å². The van der Waals surface area contributed by atoms with Gasteiger partial charge in [-0.05, 0) is 26.0 Å². The molecular weight excluding hydrogens is 300 g/mol. The number of carbonyl (C=O) groups is 1. The van der Waals surface area contributed by atoms with Crippen LogP contribution in [-0.2, 0) is 4.74 Å². The standard InChI is InChI=1S/C17H20N2O2.ClH/c1-19-11-6-7-12(19)9-13(8-11)21-17(20)15-10-18-16-5-3-2-4-14(15)16;/h2-5,10-13,18H,6-9H2,1H3;1H/p-1. The second-order valence-corrected chi connectivity index (χ2v) is 6.30. The summed E-state index contributed by atoms with van der Waals surface area (Å²) in [6.45, 7) is 0. The second-order valence-electron chi connectivity index (χ2n) is 6.30. The van der Waals surface area contributed by atoms with Gasteiger partial charge in [-0.2, -0.15) is 0 Å². The lowest BCUT2D eigenvalue weighted by molar-refractivity contribution is -0.00106. The maximum absolute atomic E-state index is 12.4. The molecule has 0 radical (unpaired) electrons. The summed E-state index contributed by atoms with van der Waals surface area (Å²) in [4.78, 5) is 18.0. The molecule has 4 rings (SSSR count). The van der Waals surface area contributed by atoms with Crippen LogP contribution in [0.15, 0.2) is 30.5 Å². The Bertz CT molecular complexity index is 670. The van der Waals surface area contributed by atoms with Crippen molar-refractivity contribution in [3.63, 3.8) is 0 Å². The molecule has 2 aliphatic rings. The van der Waals surface area contributed by atoms with E-state index in [-0.39, 0.29) is 24.5 Å². The minimum absolute atomic E-state index is 0. The van der Waals surface area contributed by atoms with Gasteiger partial charge in [0.2, 0.25) is 0 Å². The van der Waals surface area contributed by atoms with Crippen LogP contribution >= 0.6 is 0 Å². The highest BCUT2D eigenvalue weighted by Gasteiger charge is 2.40. The van der Waals surface area contributed by atoms with E-state index >= 15 is 0 Å². The molecule has 5 heteroatoms. The largest absolute Gasteiger partial charge is 1.00 e. The van der Waals surface area contributed by atoms with E-state index in [2.05, 4.69) is 16.9 Å². The van der Waals surface area contributed by atoms with Crippen molar-refractivity contribution in [1.29, 1.82) is 0 Å². The van der Waals surface area contributed by atoms with Crippen molar-refractivity contribution in [3.05, 3.63) is 36.0 Å². The number of hydrogen-bond acceptors (Lipinski definition) is 3. The minimum Gasteiger partial charge on any atom is -1.00 e. The molecule has 1 aromatic heterocycles. The fourth-order valence-electron chi connectivity index (χ4n) is 3.91. The Kier molecular flexibility index (Phi) is 4.15. The number of benzene rings is 1. The summed E-state index contributed by atoms with van der Waals surface area (Å²) in [6, 6.07) is 9.02. The maximum atomic E-state index is 12.4. The Morgan fingerprint density at radius 1 is 1.23 bits per heavy atom. The van der Waals surface area contributed by atoms with Crippen molar-refractivity contribution >= 4 is 16.9 Å².